The molecule has 1 amide bonds. The molecule has 2 aromatic heterocycles. The second-order valence-corrected chi connectivity index (χ2v) is 9.43. The van der Waals surface area contributed by atoms with Crippen LogP contribution in [0.1, 0.15) is 64.7 Å². The average Bonchev–Trinajstić information content (AvgIpc) is 2.99. The van der Waals surface area contributed by atoms with Gasteiger partial charge in [-0.3, -0.25) is 14.9 Å². The monoisotopic (exact) mass is 405 g/mol. The quantitative estimate of drug-likeness (QED) is 0.791. The zero-order valence-electron chi connectivity index (χ0n) is 16.7. The number of aromatic amines is 1. The van der Waals surface area contributed by atoms with E-state index in [1.807, 2.05) is 26.8 Å². The van der Waals surface area contributed by atoms with E-state index in [1.54, 1.807) is 12.3 Å². The molecule has 2 aromatic rings. The first-order valence-corrected chi connectivity index (χ1v) is 11.2. The lowest BCUT2D eigenvalue weighted by molar-refractivity contribution is 0.0939. The van der Waals surface area contributed by atoms with Crippen molar-refractivity contribution in [3.05, 3.63) is 46.5 Å². The number of aryl methyl sites for hydroxylation is 2. The molecule has 3 heterocycles. The molecule has 1 saturated heterocycles. The van der Waals surface area contributed by atoms with E-state index in [9.17, 15) is 13.2 Å². The molecule has 3 rings (SSSR count). The maximum atomic E-state index is 12.6. The van der Waals surface area contributed by atoms with Crippen LogP contribution in [-0.2, 0) is 10.0 Å². The Bertz CT molecular complexity index is 925. The van der Waals surface area contributed by atoms with Crippen molar-refractivity contribution in [2.75, 3.05) is 19.3 Å². The zero-order chi connectivity index (χ0) is 20.5. The molecule has 28 heavy (non-hydrogen) atoms. The molecule has 1 aliphatic rings. The molecule has 0 saturated carbocycles. The number of nitrogens with one attached hydrogen (secondary N) is 2. The molecule has 0 radical (unpaired) electrons. The predicted molar refractivity (Wildman–Crippen MR) is 107 cm³/mol. The zero-order valence-corrected chi connectivity index (χ0v) is 17.5. The summed E-state index contributed by atoms with van der Waals surface area (Å²) in [6, 6.07) is 3.49. The summed E-state index contributed by atoms with van der Waals surface area (Å²) in [7, 11) is -3.13. The predicted octanol–water partition coefficient (Wildman–Crippen LogP) is 2.05. The molecule has 2 N–H and O–H groups in total. The standard InChI is InChI=1S/C19H27N5O3S/c1-12(18-13(2)22-23-14(18)3)21-19(25)16-5-6-17(20-11-16)15-7-9-24(10-8-15)28(4,26)27/h5-6,11-12,15H,7-10H2,1-4H3,(H,21,25)(H,22,23)/t12-/m0/s1. The molecule has 1 fully saturated rings. The summed E-state index contributed by atoms with van der Waals surface area (Å²) in [6.45, 7) is 6.79. The molecule has 0 unspecified atom stereocenters. The topological polar surface area (TPSA) is 108 Å². The highest BCUT2D eigenvalue weighted by atomic mass is 32.2. The van der Waals surface area contributed by atoms with E-state index in [4.69, 9.17) is 0 Å². The molecular formula is C19H27N5O3S. The maximum absolute atomic E-state index is 12.6. The molecule has 0 spiro atoms. The minimum Gasteiger partial charge on any atom is -0.345 e. The third-order valence-corrected chi connectivity index (χ3v) is 6.66. The van der Waals surface area contributed by atoms with Crippen molar-refractivity contribution < 1.29 is 13.2 Å². The van der Waals surface area contributed by atoms with Crippen molar-refractivity contribution in [3.63, 3.8) is 0 Å². The van der Waals surface area contributed by atoms with Gasteiger partial charge in [-0.1, -0.05) is 0 Å². The number of amides is 1. The minimum absolute atomic E-state index is 0.161. The minimum atomic E-state index is -3.13. The molecule has 9 heteroatoms. The van der Waals surface area contributed by atoms with Crippen LogP contribution >= 0.6 is 0 Å². The van der Waals surface area contributed by atoms with Crippen LogP contribution in [0.3, 0.4) is 0 Å². The fraction of sp³-hybridized carbons (Fsp3) is 0.526. The largest absolute Gasteiger partial charge is 0.345 e. The summed E-state index contributed by atoms with van der Waals surface area (Å²) in [5, 5.41) is 10.1. The lowest BCUT2D eigenvalue weighted by atomic mass is 9.94. The van der Waals surface area contributed by atoms with Gasteiger partial charge in [0.05, 0.1) is 23.6 Å². The smallest absolute Gasteiger partial charge is 0.253 e. The van der Waals surface area contributed by atoms with Crippen molar-refractivity contribution in [2.45, 2.75) is 45.6 Å². The average molecular weight is 406 g/mol. The molecule has 0 aliphatic carbocycles. The van der Waals surface area contributed by atoms with Gasteiger partial charge in [0.2, 0.25) is 10.0 Å². The second kappa shape index (κ2) is 8.00. The Morgan fingerprint density at radius 2 is 1.96 bits per heavy atom. The maximum Gasteiger partial charge on any atom is 0.253 e. The summed E-state index contributed by atoms with van der Waals surface area (Å²) in [5.74, 6) is 0.0312. The Labute approximate surface area is 165 Å². The van der Waals surface area contributed by atoms with Crippen molar-refractivity contribution in [2.24, 2.45) is 0 Å². The van der Waals surface area contributed by atoms with Crippen molar-refractivity contribution in [3.8, 4) is 0 Å². The Morgan fingerprint density at radius 1 is 1.29 bits per heavy atom. The molecule has 152 valence electrons. The van der Waals surface area contributed by atoms with Gasteiger partial charge in [-0.2, -0.15) is 5.10 Å². The molecule has 1 aliphatic heterocycles. The number of carbonyl (C=O) groups excluding carboxylic acids is 1. The van der Waals surface area contributed by atoms with E-state index in [0.717, 1.165) is 35.5 Å². The van der Waals surface area contributed by atoms with E-state index in [1.165, 1.54) is 10.6 Å². The lowest BCUT2D eigenvalue weighted by Gasteiger charge is -2.29. The number of H-pyrrole nitrogens is 1. The SMILES string of the molecule is Cc1n[nH]c(C)c1[C@H](C)NC(=O)c1ccc(C2CCN(S(C)(=O)=O)CC2)nc1. The van der Waals surface area contributed by atoms with Crippen LogP contribution in [0.25, 0.3) is 0 Å². The summed E-state index contributed by atoms with van der Waals surface area (Å²) < 4.78 is 24.8. The van der Waals surface area contributed by atoms with Gasteiger partial charge in [0.25, 0.3) is 5.91 Å². The van der Waals surface area contributed by atoms with Gasteiger partial charge in [-0.05, 0) is 45.7 Å². The first-order chi connectivity index (χ1) is 13.2. The highest BCUT2D eigenvalue weighted by Gasteiger charge is 2.26. The van der Waals surface area contributed by atoms with E-state index in [0.29, 0.717) is 18.7 Å². The van der Waals surface area contributed by atoms with E-state index in [-0.39, 0.29) is 17.9 Å². The number of sulfonamides is 1. The fourth-order valence-electron chi connectivity index (χ4n) is 3.81. The number of carbonyl (C=O) groups is 1. The number of pyridine rings is 1. The fourth-order valence-corrected chi connectivity index (χ4v) is 4.69. The van der Waals surface area contributed by atoms with Crippen LogP contribution in [0, 0.1) is 13.8 Å². The van der Waals surface area contributed by atoms with Gasteiger partial charge >= 0.3 is 0 Å². The summed E-state index contributed by atoms with van der Waals surface area (Å²) >= 11 is 0. The number of hydrogen-bond donors (Lipinski definition) is 2. The van der Waals surface area contributed by atoms with Gasteiger partial charge in [0.15, 0.2) is 0 Å². The van der Waals surface area contributed by atoms with Crippen LogP contribution in [0.4, 0.5) is 0 Å². The van der Waals surface area contributed by atoms with Crippen LogP contribution in [0.5, 0.6) is 0 Å². The highest BCUT2D eigenvalue weighted by molar-refractivity contribution is 7.88. The van der Waals surface area contributed by atoms with Gasteiger partial charge < -0.3 is 5.32 Å². The first-order valence-electron chi connectivity index (χ1n) is 9.40. The van der Waals surface area contributed by atoms with Crippen LogP contribution in [-0.4, -0.2) is 53.2 Å². The van der Waals surface area contributed by atoms with E-state index >= 15 is 0 Å². The Kier molecular flexibility index (Phi) is 5.85. The molecule has 8 nitrogen and oxygen atoms in total. The van der Waals surface area contributed by atoms with Gasteiger partial charge in [-0.25, -0.2) is 12.7 Å². The van der Waals surface area contributed by atoms with Crippen LogP contribution in [0.2, 0.25) is 0 Å². The van der Waals surface area contributed by atoms with Crippen molar-refractivity contribution in [1.29, 1.82) is 0 Å². The summed E-state index contributed by atoms with van der Waals surface area (Å²) in [6.07, 6.45) is 4.31. The second-order valence-electron chi connectivity index (χ2n) is 7.45. The number of rotatable bonds is 5. The number of nitrogens with zero attached hydrogens (tertiary/aromatic N) is 3. The molecule has 0 bridgehead atoms. The van der Waals surface area contributed by atoms with Gasteiger partial charge in [0.1, 0.15) is 0 Å². The molecular weight excluding hydrogens is 378 g/mol. The third-order valence-electron chi connectivity index (χ3n) is 5.36. The van der Waals surface area contributed by atoms with Gasteiger partial charge in [0, 0.05) is 42.2 Å². The highest BCUT2D eigenvalue weighted by Crippen LogP contribution is 2.27. The van der Waals surface area contributed by atoms with E-state index in [2.05, 4.69) is 20.5 Å². The van der Waals surface area contributed by atoms with Crippen LogP contribution in [0.15, 0.2) is 18.3 Å². The van der Waals surface area contributed by atoms with Crippen molar-refractivity contribution in [1.82, 2.24) is 24.8 Å². The Morgan fingerprint density at radius 3 is 2.46 bits per heavy atom. The molecule has 0 aromatic carbocycles. The molecule has 1 atom stereocenters. The number of aromatic nitrogens is 3. The number of hydrogen-bond acceptors (Lipinski definition) is 5. The third kappa shape index (κ3) is 4.41. The Hall–Kier alpha value is -2.26. The normalized spacial score (nSPS) is 17.4. The van der Waals surface area contributed by atoms with Crippen LogP contribution < -0.4 is 5.32 Å². The number of piperidine rings is 1. The summed E-state index contributed by atoms with van der Waals surface area (Å²) in [4.78, 5) is 17.0. The first kappa shape index (κ1) is 20.5. The lowest BCUT2D eigenvalue weighted by Crippen LogP contribution is -2.37. The van der Waals surface area contributed by atoms with Gasteiger partial charge in [-0.15, -0.1) is 0 Å². The van der Waals surface area contributed by atoms with E-state index < -0.39 is 10.0 Å². The summed E-state index contributed by atoms with van der Waals surface area (Å²) in [5.41, 5.74) is 4.22. The van der Waals surface area contributed by atoms with Crippen molar-refractivity contribution >= 4 is 15.9 Å². The Balaban J connectivity index is 1.62.